The van der Waals surface area contributed by atoms with Gasteiger partial charge in [0.1, 0.15) is 12.1 Å². The van der Waals surface area contributed by atoms with Crippen molar-refractivity contribution >= 4 is 23.0 Å². The summed E-state index contributed by atoms with van der Waals surface area (Å²) in [6, 6.07) is 10.5. The van der Waals surface area contributed by atoms with Crippen LogP contribution in [0, 0.1) is 22.7 Å². The molecule has 0 spiro atoms. The summed E-state index contributed by atoms with van der Waals surface area (Å²) in [7, 11) is 0. The maximum Gasteiger partial charge on any atom is 0.237 e. The normalized spacial score (nSPS) is 8.75. The van der Waals surface area contributed by atoms with Gasteiger partial charge in [0.05, 0.1) is 5.69 Å². The lowest BCUT2D eigenvalue weighted by Gasteiger charge is -2.16. The highest BCUT2D eigenvalue weighted by atomic mass is 35.5. The summed E-state index contributed by atoms with van der Waals surface area (Å²) < 4.78 is 0. The number of nitriles is 2. The lowest BCUT2D eigenvalue weighted by atomic mass is 10.3. The molecule has 5 heteroatoms. The maximum absolute atomic E-state index is 8.61. The molecule has 0 heterocycles. The van der Waals surface area contributed by atoms with E-state index in [4.69, 9.17) is 22.1 Å². The fourth-order valence-electron chi connectivity index (χ4n) is 1.11. The summed E-state index contributed by atoms with van der Waals surface area (Å²) in [6.07, 6.45) is 0. The van der Waals surface area contributed by atoms with Crippen molar-refractivity contribution in [2.45, 2.75) is 6.92 Å². The molecule has 0 saturated carbocycles. The molecule has 0 atom stereocenters. The monoisotopic (exact) mass is 232 g/mol. The van der Waals surface area contributed by atoms with Crippen LogP contribution >= 0.6 is 11.6 Å². The summed E-state index contributed by atoms with van der Waals surface area (Å²) >= 11 is 5.76. The quantitative estimate of drug-likeness (QED) is 0.594. The van der Waals surface area contributed by atoms with E-state index in [1.54, 1.807) is 41.4 Å². The van der Waals surface area contributed by atoms with Crippen LogP contribution in [-0.4, -0.2) is 12.3 Å². The van der Waals surface area contributed by atoms with Gasteiger partial charge in [-0.3, -0.25) is 5.01 Å². The smallest absolute Gasteiger partial charge is 0.237 e. The van der Waals surface area contributed by atoms with Crippen molar-refractivity contribution in [3.05, 3.63) is 29.3 Å². The van der Waals surface area contributed by atoms with Gasteiger partial charge in [-0.2, -0.15) is 10.5 Å². The van der Waals surface area contributed by atoms with Crippen LogP contribution in [0.2, 0.25) is 5.02 Å². The van der Waals surface area contributed by atoms with E-state index in [-0.39, 0.29) is 5.71 Å². The van der Waals surface area contributed by atoms with E-state index in [0.717, 1.165) is 5.69 Å². The molecule has 0 aromatic heterocycles. The van der Waals surface area contributed by atoms with E-state index in [0.29, 0.717) is 11.6 Å². The van der Waals surface area contributed by atoms with Gasteiger partial charge >= 0.3 is 0 Å². The van der Waals surface area contributed by atoms with E-state index in [2.05, 4.69) is 5.10 Å². The Labute approximate surface area is 99.0 Å². The van der Waals surface area contributed by atoms with Gasteiger partial charge in [-0.1, -0.05) is 11.6 Å². The van der Waals surface area contributed by atoms with Crippen LogP contribution < -0.4 is 5.01 Å². The van der Waals surface area contributed by atoms with Gasteiger partial charge in [-0.25, -0.2) is 0 Å². The molecule has 1 rings (SSSR count). The average Bonchev–Trinajstić information content (AvgIpc) is 2.32. The summed E-state index contributed by atoms with van der Waals surface area (Å²) in [4.78, 5) is 0. The van der Waals surface area contributed by atoms with Gasteiger partial charge in [0.25, 0.3) is 0 Å². The minimum absolute atomic E-state index is 0.170. The highest BCUT2D eigenvalue weighted by Crippen LogP contribution is 2.18. The molecule has 0 bridgehead atoms. The first-order valence-corrected chi connectivity index (χ1v) is 5.01. The van der Waals surface area contributed by atoms with E-state index in [9.17, 15) is 0 Å². The fraction of sp³-hybridized carbons (Fsp3) is 0.182. The molecular formula is C11H9ClN4. The first-order valence-electron chi connectivity index (χ1n) is 4.63. The van der Waals surface area contributed by atoms with Crippen LogP contribution in [0.1, 0.15) is 6.92 Å². The van der Waals surface area contributed by atoms with E-state index in [1.807, 2.05) is 6.92 Å². The number of anilines is 1. The van der Waals surface area contributed by atoms with E-state index >= 15 is 0 Å². The molecule has 80 valence electrons. The Hall–Kier alpha value is -2.04. The molecule has 4 nitrogen and oxygen atoms in total. The number of hydrogen-bond donors (Lipinski definition) is 0. The Balaban J connectivity index is 3.01. The average molecular weight is 233 g/mol. The van der Waals surface area contributed by atoms with Crippen molar-refractivity contribution in [2.75, 3.05) is 11.6 Å². The first kappa shape index (κ1) is 12.0. The number of hydrogen-bond acceptors (Lipinski definition) is 4. The highest BCUT2D eigenvalue weighted by Gasteiger charge is 2.04. The third kappa shape index (κ3) is 2.98. The Bertz CT molecular complexity index is 448. The van der Waals surface area contributed by atoms with Crippen LogP contribution in [0.4, 0.5) is 5.69 Å². The number of hydrazone groups is 1. The van der Waals surface area contributed by atoms with Gasteiger partial charge in [0, 0.05) is 11.6 Å². The molecule has 0 radical (unpaired) electrons. The summed E-state index contributed by atoms with van der Waals surface area (Å²) in [5.41, 5.74) is 0.617. The molecule has 1 aromatic rings. The number of halogens is 1. The fourth-order valence-corrected chi connectivity index (χ4v) is 1.24. The van der Waals surface area contributed by atoms with E-state index < -0.39 is 0 Å². The molecule has 0 aliphatic carbocycles. The zero-order valence-electron chi connectivity index (χ0n) is 8.68. The van der Waals surface area contributed by atoms with Crippen molar-refractivity contribution in [1.29, 1.82) is 10.5 Å². The van der Waals surface area contributed by atoms with Crippen molar-refractivity contribution in [1.82, 2.24) is 0 Å². The third-order valence-electron chi connectivity index (χ3n) is 1.86. The molecule has 1 aromatic carbocycles. The molecule has 0 saturated heterocycles. The Morgan fingerprint density at radius 1 is 1.31 bits per heavy atom. The summed E-state index contributed by atoms with van der Waals surface area (Å²) in [5.74, 6) is 0. The molecule has 0 N–H and O–H groups in total. The van der Waals surface area contributed by atoms with E-state index in [1.165, 1.54) is 0 Å². The van der Waals surface area contributed by atoms with Crippen LogP contribution in [0.15, 0.2) is 29.4 Å². The zero-order chi connectivity index (χ0) is 12.0. The van der Waals surface area contributed by atoms with Crippen molar-refractivity contribution in [3.8, 4) is 12.1 Å². The Kier molecular flexibility index (Phi) is 4.32. The SMILES string of the molecule is CCN(N=C(C#N)C#N)c1ccc(Cl)cc1. The zero-order valence-corrected chi connectivity index (χ0v) is 9.44. The second-order valence-corrected chi connectivity index (χ2v) is 3.30. The van der Waals surface area contributed by atoms with Gasteiger partial charge in [0.2, 0.25) is 5.71 Å². The molecule has 16 heavy (non-hydrogen) atoms. The lowest BCUT2D eigenvalue weighted by Crippen LogP contribution is -2.17. The molecular weight excluding hydrogens is 224 g/mol. The van der Waals surface area contributed by atoms with Gasteiger partial charge in [0.15, 0.2) is 0 Å². The summed E-state index contributed by atoms with van der Waals surface area (Å²) in [6.45, 7) is 2.44. The molecule has 0 unspecified atom stereocenters. The van der Waals surface area contributed by atoms with Gasteiger partial charge in [-0.15, -0.1) is 5.10 Å². The van der Waals surface area contributed by atoms with Crippen LogP contribution in [0.5, 0.6) is 0 Å². The molecule has 0 amide bonds. The minimum Gasteiger partial charge on any atom is -0.264 e. The standard InChI is InChI=1S/C11H9ClN4/c1-2-16(15-10(7-13)8-14)11-5-3-9(12)4-6-11/h3-6H,2H2,1H3. The molecule has 0 aliphatic rings. The second kappa shape index (κ2) is 5.75. The van der Waals surface area contributed by atoms with Crippen LogP contribution in [-0.2, 0) is 0 Å². The Morgan fingerprint density at radius 3 is 2.31 bits per heavy atom. The van der Waals surface area contributed by atoms with Gasteiger partial charge in [-0.05, 0) is 31.2 Å². The van der Waals surface area contributed by atoms with Crippen LogP contribution in [0.3, 0.4) is 0 Å². The second-order valence-electron chi connectivity index (χ2n) is 2.86. The summed E-state index contributed by atoms with van der Waals surface area (Å²) in [5, 5.41) is 23.3. The number of rotatable bonds is 3. The molecule has 0 fully saturated rings. The van der Waals surface area contributed by atoms with Crippen molar-refractivity contribution in [3.63, 3.8) is 0 Å². The van der Waals surface area contributed by atoms with Crippen LogP contribution in [0.25, 0.3) is 0 Å². The first-order chi connectivity index (χ1) is 7.71. The van der Waals surface area contributed by atoms with Crippen molar-refractivity contribution < 1.29 is 0 Å². The maximum atomic E-state index is 8.61. The highest BCUT2D eigenvalue weighted by molar-refractivity contribution is 6.30. The minimum atomic E-state index is -0.170. The van der Waals surface area contributed by atoms with Gasteiger partial charge < -0.3 is 0 Å². The number of nitrogens with zero attached hydrogens (tertiary/aromatic N) is 4. The predicted molar refractivity (Wildman–Crippen MR) is 63.1 cm³/mol. The lowest BCUT2D eigenvalue weighted by molar-refractivity contribution is 0.895. The Morgan fingerprint density at radius 2 is 1.88 bits per heavy atom. The van der Waals surface area contributed by atoms with Crippen molar-refractivity contribution in [2.24, 2.45) is 5.10 Å². The molecule has 0 aliphatic heterocycles. The largest absolute Gasteiger partial charge is 0.264 e. The third-order valence-corrected chi connectivity index (χ3v) is 2.11. The predicted octanol–water partition coefficient (Wildman–Crippen LogP) is 2.57. The number of benzene rings is 1. The topological polar surface area (TPSA) is 63.2 Å².